The molecule has 5 nitrogen and oxygen atoms in total. The van der Waals surface area contributed by atoms with E-state index in [1.54, 1.807) is 0 Å². The van der Waals surface area contributed by atoms with Gasteiger partial charge in [0.2, 0.25) is 5.91 Å². The van der Waals surface area contributed by atoms with E-state index in [-0.39, 0.29) is 29.9 Å². The van der Waals surface area contributed by atoms with Gasteiger partial charge >= 0.3 is 0 Å². The van der Waals surface area contributed by atoms with Crippen molar-refractivity contribution in [2.24, 2.45) is 4.99 Å². The Kier molecular flexibility index (Phi) is 9.44. The van der Waals surface area contributed by atoms with E-state index in [1.807, 2.05) is 11.0 Å². The lowest BCUT2D eigenvalue weighted by molar-refractivity contribution is -0.128. The normalized spacial score (nSPS) is 13.9. The predicted molar refractivity (Wildman–Crippen MR) is 129 cm³/mol. The SMILES string of the molecule is CCNC(=NCc1cccc(CN2CCCC2=O)c1)NCc1ccc(C)cc1.I. The Labute approximate surface area is 191 Å². The van der Waals surface area contributed by atoms with Crippen molar-refractivity contribution in [3.8, 4) is 0 Å². The van der Waals surface area contributed by atoms with Gasteiger partial charge in [-0.05, 0) is 37.0 Å². The van der Waals surface area contributed by atoms with Crippen molar-refractivity contribution < 1.29 is 4.79 Å². The van der Waals surface area contributed by atoms with Crippen molar-refractivity contribution in [3.05, 3.63) is 70.8 Å². The van der Waals surface area contributed by atoms with Crippen LogP contribution >= 0.6 is 24.0 Å². The number of amides is 1. The van der Waals surface area contributed by atoms with Crippen LogP contribution in [0.2, 0.25) is 0 Å². The highest BCUT2D eigenvalue weighted by atomic mass is 127. The van der Waals surface area contributed by atoms with Crippen LogP contribution in [0.5, 0.6) is 0 Å². The Bertz CT molecular complexity index is 820. The molecule has 0 unspecified atom stereocenters. The molecule has 2 N–H and O–H groups in total. The third-order valence-electron chi connectivity index (χ3n) is 4.88. The number of benzene rings is 2. The van der Waals surface area contributed by atoms with E-state index in [0.29, 0.717) is 19.5 Å². The number of rotatable bonds is 7. The summed E-state index contributed by atoms with van der Waals surface area (Å²) in [5.41, 5.74) is 4.81. The number of guanidine groups is 1. The van der Waals surface area contributed by atoms with Crippen molar-refractivity contribution in [3.63, 3.8) is 0 Å². The van der Waals surface area contributed by atoms with E-state index in [4.69, 9.17) is 4.99 Å². The van der Waals surface area contributed by atoms with Crippen LogP contribution in [0.1, 0.15) is 42.0 Å². The number of halogens is 1. The molecule has 156 valence electrons. The van der Waals surface area contributed by atoms with E-state index >= 15 is 0 Å². The molecule has 3 rings (SSSR count). The maximum absolute atomic E-state index is 11.8. The highest BCUT2D eigenvalue weighted by molar-refractivity contribution is 14.0. The van der Waals surface area contributed by atoms with Gasteiger partial charge in [-0.2, -0.15) is 0 Å². The first-order valence-electron chi connectivity index (χ1n) is 10.1. The molecule has 1 fully saturated rings. The Morgan fingerprint density at radius 2 is 1.83 bits per heavy atom. The van der Waals surface area contributed by atoms with Crippen LogP contribution in [0, 0.1) is 6.92 Å². The van der Waals surface area contributed by atoms with Gasteiger partial charge in [0.05, 0.1) is 6.54 Å². The molecule has 0 aliphatic carbocycles. The Balaban J connectivity index is 0.00000300. The minimum absolute atomic E-state index is 0. The Morgan fingerprint density at radius 1 is 1.07 bits per heavy atom. The van der Waals surface area contributed by atoms with Crippen LogP contribution < -0.4 is 10.6 Å². The third-order valence-corrected chi connectivity index (χ3v) is 4.88. The quantitative estimate of drug-likeness (QED) is 0.339. The second-order valence-electron chi connectivity index (χ2n) is 7.27. The van der Waals surface area contributed by atoms with Crippen LogP contribution in [0.3, 0.4) is 0 Å². The minimum atomic E-state index is 0. The number of hydrogen-bond donors (Lipinski definition) is 2. The van der Waals surface area contributed by atoms with Crippen molar-refractivity contribution >= 4 is 35.8 Å². The highest BCUT2D eigenvalue weighted by Gasteiger charge is 2.19. The summed E-state index contributed by atoms with van der Waals surface area (Å²) in [6.45, 7) is 7.88. The largest absolute Gasteiger partial charge is 0.357 e. The lowest BCUT2D eigenvalue weighted by Gasteiger charge is -2.16. The fraction of sp³-hybridized carbons (Fsp3) is 0.391. The number of hydrogen-bond acceptors (Lipinski definition) is 2. The first-order chi connectivity index (χ1) is 13.6. The number of aliphatic imine (C=N–C) groups is 1. The first kappa shape index (κ1) is 23.2. The summed E-state index contributed by atoms with van der Waals surface area (Å²) < 4.78 is 0. The maximum atomic E-state index is 11.8. The fourth-order valence-electron chi connectivity index (χ4n) is 3.32. The van der Waals surface area contributed by atoms with E-state index in [9.17, 15) is 4.79 Å². The average Bonchev–Trinajstić information content (AvgIpc) is 3.10. The summed E-state index contributed by atoms with van der Waals surface area (Å²) >= 11 is 0. The molecule has 0 atom stereocenters. The molecule has 29 heavy (non-hydrogen) atoms. The van der Waals surface area contributed by atoms with Gasteiger partial charge in [-0.1, -0.05) is 54.1 Å². The molecular weight excluding hydrogens is 475 g/mol. The van der Waals surface area contributed by atoms with Gasteiger partial charge in [0.25, 0.3) is 0 Å². The third kappa shape index (κ3) is 7.34. The van der Waals surface area contributed by atoms with E-state index in [1.165, 1.54) is 16.7 Å². The standard InChI is InChI=1S/C23H30N4O.HI/c1-3-24-23(25-15-19-11-9-18(2)10-12-19)26-16-20-6-4-7-21(14-20)17-27-13-5-8-22(27)28;/h4,6-7,9-12,14H,3,5,8,13,15-17H2,1-2H3,(H2,24,25,26);1H. The van der Waals surface area contributed by atoms with Gasteiger partial charge in [-0.3, -0.25) is 4.79 Å². The maximum Gasteiger partial charge on any atom is 0.222 e. The molecule has 6 heteroatoms. The summed E-state index contributed by atoms with van der Waals surface area (Å²) in [4.78, 5) is 18.5. The molecule has 1 amide bonds. The van der Waals surface area contributed by atoms with Crippen molar-refractivity contribution in [1.82, 2.24) is 15.5 Å². The van der Waals surface area contributed by atoms with E-state index in [2.05, 4.69) is 66.9 Å². The van der Waals surface area contributed by atoms with Crippen LogP contribution in [0.25, 0.3) is 0 Å². The van der Waals surface area contributed by atoms with E-state index < -0.39 is 0 Å². The number of nitrogens with one attached hydrogen (secondary N) is 2. The van der Waals surface area contributed by atoms with Crippen LogP contribution in [0.4, 0.5) is 0 Å². The molecule has 0 spiro atoms. The van der Waals surface area contributed by atoms with Crippen LogP contribution in [0.15, 0.2) is 53.5 Å². The number of aryl methyl sites for hydroxylation is 1. The molecule has 0 radical (unpaired) electrons. The van der Waals surface area contributed by atoms with Crippen LogP contribution in [-0.4, -0.2) is 29.9 Å². The number of likely N-dealkylation sites (tertiary alicyclic amines) is 1. The molecule has 2 aromatic rings. The van der Waals surface area contributed by atoms with Gasteiger partial charge in [0.15, 0.2) is 5.96 Å². The lowest BCUT2D eigenvalue weighted by Crippen LogP contribution is -2.36. The predicted octanol–water partition coefficient (Wildman–Crippen LogP) is 3.99. The van der Waals surface area contributed by atoms with E-state index in [0.717, 1.165) is 37.6 Å². The van der Waals surface area contributed by atoms with Gasteiger partial charge in [-0.15, -0.1) is 24.0 Å². The Hall–Kier alpha value is -2.09. The fourth-order valence-corrected chi connectivity index (χ4v) is 3.32. The lowest BCUT2D eigenvalue weighted by atomic mass is 10.1. The summed E-state index contributed by atoms with van der Waals surface area (Å²) in [5.74, 6) is 1.07. The van der Waals surface area contributed by atoms with Crippen LogP contribution in [-0.2, 0) is 24.4 Å². The summed E-state index contributed by atoms with van der Waals surface area (Å²) in [6, 6.07) is 16.9. The van der Waals surface area contributed by atoms with Crippen molar-refractivity contribution in [2.75, 3.05) is 13.1 Å². The number of carbonyl (C=O) groups is 1. The zero-order valence-corrected chi connectivity index (χ0v) is 19.6. The molecular formula is C23H31IN4O. The van der Waals surface area contributed by atoms with Crippen molar-refractivity contribution in [2.45, 2.75) is 46.3 Å². The minimum Gasteiger partial charge on any atom is -0.357 e. The monoisotopic (exact) mass is 506 g/mol. The average molecular weight is 506 g/mol. The summed E-state index contributed by atoms with van der Waals surface area (Å²) in [5, 5.41) is 6.69. The zero-order valence-electron chi connectivity index (χ0n) is 17.3. The smallest absolute Gasteiger partial charge is 0.222 e. The van der Waals surface area contributed by atoms with Crippen molar-refractivity contribution in [1.29, 1.82) is 0 Å². The summed E-state index contributed by atoms with van der Waals surface area (Å²) in [7, 11) is 0. The molecule has 2 aromatic carbocycles. The number of nitrogens with zero attached hydrogens (tertiary/aromatic N) is 2. The molecule has 1 saturated heterocycles. The first-order valence-corrected chi connectivity index (χ1v) is 10.1. The topological polar surface area (TPSA) is 56.7 Å². The van der Waals surface area contributed by atoms with Gasteiger partial charge in [0, 0.05) is 32.6 Å². The summed E-state index contributed by atoms with van der Waals surface area (Å²) in [6.07, 6.45) is 1.66. The second kappa shape index (κ2) is 11.8. The number of carbonyl (C=O) groups excluding carboxylic acids is 1. The molecule has 1 aliphatic rings. The second-order valence-corrected chi connectivity index (χ2v) is 7.27. The zero-order chi connectivity index (χ0) is 19.8. The molecule has 1 aliphatic heterocycles. The van der Waals surface area contributed by atoms with Gasteiger partial charge in [0.1, 0.15) is 0 Å². The molecule has 0 bridgehead atoms. The Morgan fingerprint density at radius 3 is 2.52 bits per heavy atom. The van der Waals surface area contributed by atoms with Gasteiger partial charge in [-0.25, -0.2) is 4.99 Å². The molecule has 0 saturated carbocycles. The van der Waals surface area contributed by atoms with Gasteiger partial charge < -0.3 is 15.5 Å². The molecule has 0 aromatic heterocycles. The highest BCUT2D eigenvalue weighted by Crippen LogP contribution is 2.15. The molecule has 1 heterocycles.